The molecule has 0 spiro atoms. The Hall–Kier alpha value is -1.72. The van der Waals surface area contributed by atoms with Crippen LogP contribution in [0, 0.1) is 19.8 Å². The van der Waals surface area contributed by atoms with Crippen molar-refractivity contribution in [2.75, 3.05) is 18.0 Å². The lowest BCUT2D eigenvalue weighted by Crippen LogP contribution is -2.34. The lowest BCUT2D eigenvalue weighted by Gasteiger charge is -2.22. The van der Waals surface area contributed by atoms with Crippen LogP contribution in [0.15, 0.2) is 0 Å². The van der Waals surface area contributed by atoms with Gasteiger partial charge in [-0.05, 0) is 19.8 Å². The number of carboxylic acid groups (broad SMARTS) is 1. The first-order valence-electron chi connectivity index (χ1n) is 5.54. The van der Waals surface area contributed by atoms with Crippen LogP contribution < -0.4 is 4.90 Å². The molecule has 0 bridgehead atoms. The summed E-state index contributed by atoms with van der Waals surface area (Å²) in [6, 6.07) is 0. The summed E-state index contributed by atoms with van der Waals surface area (Å²) in [7, 11) is 0. The van der Waals surface area contributed by atoms with Crippen molar-refractivity contribution in [1.82, 2.24) is 15.2 Å². The second-order valence-corrected chi connectivity index (χ2v) is 4.45. The van der Waals surface area contributed by atoms with Crippen LogP contribution in [0.2, 0.25) is 0 Å². The van der Waals surface area contributed by atoms with Gasteiger partial charge in [0.25, 0.3) is 0 Å². The molecule has 94 valence electrons. The van der Waals surface area contributed by atoms with E-state index in [0.29, 0.717) is 18.4 Å². The fraction of sp³-hybridized carbons (Fsp3) is 0.636. The van der Waals surface area contributed by atoms with Gasteiger partial charge in [-0.1, -0.05) is 13.8 Å². The van der Waals surface area contributed by atoms with E-state index < -0.39 is 5.97 Å². The summed E-state index contributed by atoms with van der Waals surface area (Å²) in [5, 5.41) is 16.8. The van der Waals surface area contributed by atoms with E-state index in [4.69, 9.17) is 5.11 Å². The molecule has 1 rings (SSSR count). The summed E-state index contributed by atoms with van der Waals surface area (Å²) in [6.07, 6.45) is 0. The van der Waals surface area contributed by atoms with Crippen molar-refractivity contribution >= 4 is 11.9 Å². The quantitative estimate of drug-likeness (QED) is 0.825. The first-order valence-corrected chi connectivity index (χ1v) is 5.54. The summed E-state index contributed by atoms with van der Waals surface area (Å²) >= 11 is 0. The molecule has 0 aliphatic heterocycles. The number of rotatable bonds is 5. The number of hydrogen-bond acceptors (Lipinski definition) is 5. The minimum atomic E-state index is -0.896. The average Bonchev–Trinajstić information content (AvgIpc) is 2.19. The molecule has 17 heavy (non-hydrogen) atoms. The molecule has 1 N–H and O–H groups in total. The molecule has 6 heteroatoms. The number of hydrogen-bond donors (Lipinski definition) is 1. The van der Waals surface area contributed by atoms with Crippen LogP contribution in [-0.4, -0.2) is 39.3 Å². The Bertz CT molecular complexity index is 406. The molecule has 0 amide bonds. The van der Waals surface area contributed by atoms with E-state index in [-0.39, 0.29) is 6.54 Å². The summed E-state index contributed by atoms with van der Waals surface area (Å²) in [5.74, 6) is -0.184. The molecule has 1 aromatic rings. The van der Waals surface area contributed by atoms with Gasteiger partial charge in [0.1, 0.15) is 6.54 Å². The van der Waals surface area contributed by atoms with Gasteiger partial charge in [-0.2, -0.15) is 5.10 Å². The Balaban J connectivity index is 2.94. The van der Waals surface area contributed by atoms with Gasteiger partial charge in [0.2, 0.25) is 5.95 Å². The van der Waals surface area contributed by atoms with Gasteiger partial charge in [-0.15, -0.1) is 5.10 Å². The van der Waals surface area contributed by atoms with Gasteiger partial charge in [0, 0.05) is 6.54 Å². The number of nitrogens with zero attached hydrogens (tertiary/aromatic N) is 4. The summed E-state index contributed by atoms with van der Waals surface area (Å²) in [6.45, 7) is 8.18. The maximum absolute atomic E-state index is 10.8. The number of aromatic nitrogens is 3. The largest absolute Gasteiger partial charge is 0.480 e. The van der Waals surface area contributed by atoms with Gasteiger partial charge in [-0.25, -0.2) is 4.98 Å². The molecule has 0 radical (unpaired) electrons. The highest BCUT2D eigenvalue weighted by molar-refractivity contribution is 5.72. The maximum Gasteiger partial charge on any atom is 0.323 e. The number of carbonyl (C=O) groups is 1. The van der Waals surface area contributed by atoms with Crippen LogP contribution in [-0.2, 0) is 4.79 Å². The van der Waals surface area contributed by atoms with Crippen molar-refractivity contribution in [2.24, 2.45) is 5.92 Å². The highest BCUT2D eigenvalue weighted by Crippen LogP contribution is 2.10. The molecule has 0 fully saturated rings. The third kappa shape index (κ3) is 3.97. The van der Waals surface area contributed by atoms with E-state index in [2.05, 4.69) is 15.2 Å². The molecular weight excluding hydrogens is 220 g/mol. The first kappa shape index (κ1) is 13.3. The molecule has 1 heterocycles. The number of aliphatic carboxylic acids is 1. The van der Waals surface area contributed by atoms with Crippen molar-refractivity contribution < 1.29 is 9.90 Å². The van der Waals surface area contributed by atoms with E-state index in [9.17, 15) is 4.79 Å². The van der Waals surface area contributed by atoms with Gasteiger partial charge < -0.3 is 10.0 Å². The maximum atomic E-state index is 10.8. The molecular formula is C11H18N4O2. The minimum Gasteiger partial charge on any atom is -0.480 e. The van der Waals surface area contributed by atoms with Crippen LogP contribution in [0.1, 0.15) is 25.2 Å². The van der Waals surface area contributed by atoms with Crippen molar-refractivity contribution in [3.8, 4) is 0 Å². The molecule has 0 unspecified atom stereocenters. The Morgan fingerprint density at radius 3 is 2.41 bits per heavy atom. The highest BCUT2D eigenvalue weighted by atomic mass is 16.4. The molecule has 0 saturated carbocycles. The zero-order chi connectivity index (χ0) is 13.0. The number of carboxylic acids is 1. The van der Waals surface area contributed by atoms with Crippen LogP contribution in [0.5, 0.6) is 0 Å². The molecule has 0 atom stereocenters. The lowest BCUT2D eigenvalue weighted by molar-refractivity contribution is -0.135. The zero-order valence-corrected chi connectivity index (χ0v) is 10.6. The Kier molecular flexibility index (Phi) is 4.37. The van der Waals surface area contributed by atoms with Crippen LogP contribution >= 0.6 is 0 Å². The number of aryl methyl sites for hydroxylation is 2. The average molecular weight is 238 g/mol. The monoisotopic (exact) mass is 238 g/mol. The van der Waals surface area contributed by atoms with Gasteiger partial charge >= 0.3 is 5.97 Å². The third-order valence-electron chi connectivity index (χ3n) is 2.28. The van der Waals surface area contributed by atoms with Crippen LogP contribution in [0.4, 0.5) is 5.95 Å². The smallest absolute Gasteiger partial charge is 0.323 e. The normalized spacial score (nSPS) is 10.6. The van der Waals surface area contributed by atoms with E-state index in [1.165, 1.54) is 0 Å². The Morgan fingerprint density at radius 2 is 1.94 bits per heavy atom. The predicted molar refractivity (Wildman–Crippen MR) is 64.0 cm³/mol. The standard InChI is InChI=1S/C11H18N4O2/c1-7(2)5-15(6-10(16)17)11-12-8(3)9(4)13-14-11/h7H,5-6H2,1-4H3,(H,16,17). The number of anilines is 1. The second kappa shape index (κ2) is 5.56. The van der Waals surface area contributed by atoms with E-state index in [0.717, 1.165) is 11.4 Å². The molecule has 6 nitrogen and oxygen atoms in total. The first-order chi connectivity index (χ1) is 7.90. The SMILES string of the molecule is Cc1nnc(N(CC(=O)O)CC(C)C)nc1C. The summed E-state index contributed by atoms with van der Waals surface area (Å²) < 4.78 is 0. The van der Waals surface area contributed by atoms with Crippen LogP contribution in [0.3, 0.4) is 0 Å². The van der Waals surface area contributed by atoms with Crippen molar-refractivity contribution in [2.45, 2.75) is 27.7 Å². The summed E-state index contributed by atoms with van der Waals surface area (Å²) in [5.41, 5.74) is 1.53. The molecule has 1 aromatic heterocycles. The third-order valence-corrected chi connectivity index (χ3v) is 2.28. The molecule has 0 aliphatic carbocycles. The zero-order valence-electron chi connectivity index (χ0n) is 10.6. The van der Waals surface area contributed by atoms with Crippen molar-refractivity contribution in [3.05, 3.63) is 11.4 Å². The lowest BCUT2D eigenvalue weighted by atomic mass is 10.2. The Labute approximate surface area is 101 Å². The molecule has 0 saturated heterocycles. The van der Waals surface area contributed by atoms with Crippen molar-refractivity contribution in [1.29, 1.82) is 0 Å². The summed E-state index contributed by atoms with van der Waals surface area (Å²) in [4.78, 5) is 16.7. The van der Waals surface area contributed by atoms with E-state index in [1.54, 1.807) is 4.90 Å². The van der Waals surface area contributed by atoms with Gasteiger partial charge in [-0.3, -0.25) is 4.79 Å². The topological polar surface area (TPSA) is 79.2 Å². The second-order valence-electron chi connectivity index (χ2n) is 4.45. The van der Waals surface area contributed by atoms with E-state index >= 15 is 0 Å². The van der Waals surface area contributed by atoms with Crippen molar-refractivity contribution in [3.63, 3.8) is 0 Å². The van der Waals surface area contributed by atoms with Gasteiger partial charge in [0.15, 0.2) is 0 Å². The molecule has 0 aliphatic rings. The molecule has 0 aromatic carbocycles. The van der Waals surface area contributed by atoms with Crippen LogP contribution in [0.25, 0.3) is 0 Å². The highest BCUT2D eigenvalue weighted by Gasteiger charge is 2.16. The fourth-order valence-corrected chi connectivity index (χ4v) is 1.40. The minimum absolute atomic E-state index is 0.109. The predicted octanol–water partition coefficient (Wildman–Crippen LogP) is 1.04. The van der Waals surface area contributed by atoms with Gasteiger partial charge in [0.05, 0.1) is 11.4 Å². The van der Waals surface area contributed by atoms with E-state index in [1.807, 2.05) is 27.7 Å². The fourth-order valence-electron chi connectivity index (χ4n) is 1.40. The Morgan fingerprint density at radius 1 is 1.29 bits per heavy atom.